The molecule has 58 valence electrons. The molecule has 0 amide bonds. The predicted octanol–water partition coefficient (Wildman–Crippen LogP) is 3.40. The molecule has 0 aromatic heterocycles. The van der Waals surface area contributed by atoms with Gasteiger partial charge in [0.05, 0.1) is 0 Å². The molecule has 0 heterocycles. The van der Waals surface area contributed by atoms with Gasteiger partial charge in [0.15, 0.2) is 0 Å². The monoisotopic (exact) mass is 146 g/mol. The largest absolute Gasteiger partial charge is 0.0844 e. The van der Waals surface area contributed by atoms with Crippen LogP contribution in [0.25, 0.3) is 0 Å². The van der Waals surface area contributed by atoms with E-state index in [-0.39, 0.29) is 0 Å². The average molecular weight is 146 g/mol. The third kappa shape index (κ3) is 4.38. The first-order chi connectivity index (χ1) is 5.50. The van der Waals surface area contributed by atoms with Gasteiger partial charge < -0.3 is 0 Å². The summed E-state index contributed by atoms with van der Waals surface area (Å²) in [6, 6.07) is 0. The van der Waals surface area contributed by atoms with E-state index in [0.717, 1.165) is 19.3 Å². The Labute approximate surface area is 68.6 Å². The molecule has 0 atom stereocenters. The van der Waals surface area contributed by atoms with E-state index in [1.807, 2.05) is 0 Å². The summed E-state index contributed by atoms with van der Waals surface area (Å²) in [6.07, 6.45) is 20.5. The molecule has 1 aliphatic rings. The van der Waals surface area contributed by atoms with Crippen LogP contribution in [0.3, 0.4) is 0 Å². The molecule has 0 saturated heterocycles. The molecule has 1 aliphatic carbocycles. The molecule has 0 aromatic carbocycles. The van der Waals surface area contributed by atoms with Gasteiger partial charge in [-0.15, -0.1) is 0 Å². The zero-order chi connectivity index (χ0) is 7.78. The van der Waals surface area contributed by atoms with Gasteiger partial charge in [0.1, 0.15) is 0 Å². The number of hydrogen-bond acceptors (Lipinski definition) is 0. The number of rotatable bonds is 0. The lowest BCUT2D eigenvalue weighted by atomic mass is 10.3. The molecule has 0 nitrogen and oxygen atoms in total. The van der Waals surface area contributed by atoms with Crippen LogP contribution in [0.15, 0.2) is 48.6 Å². The van der Waals surface area contributed by atoms with Gasteiger partial charge in [-0.05, 0) is 19.3 Å². The number of hydrogen-bond donors (Lipinski definition) is 0. The molecule has 11 heavy (non-hydrogen) atoms. The van der Waals surface area contributed by atoms with Crippen LogP contribution in [0.2, 0.25) is 0 Å². The minimum Gasteiger partial charge on any atom is -0.0844 e. The fourth-order valence-corrected chi connectivity index (χ4v) is 0.935. The molecule has 0 N–H and O–H groups in total. The molecule has 0 aromatic rings. The zero-order valence-corrected chi connectivity index (χ0v) is 6.74. The maximum atomic E-state index is 2.20. The van der Waals surface area contributed by atoms with Crippen LogP contribution in [-0.4, -0.2) is 0 Å². The summed E-state index contributed by atoms with van der Waals surface area (Å²) in [5.74, 6) is 0. The van der Waals surface area contributed by atoms with E-state index in [1.165, 1.54) is 0 Å². The van der Waals surface area contributed by atoms with Gasteiger partial charge in [0.25, 0.3) is 0 Å². The summed E-state index contributed by atoms with van der Waals surface area (Å²) in [4.78, 5) is 0. The van der Waals surface area contributed by atoms with Crippen molar-refractivity contribution >= 4 is 0 Å². The SMILES string of the molecule is C1=C\C/C=C\C/C=C\C\C=C/1. The maximum absolute atomic E-state index is 2.20. The van der Waals surface area contributed by atoms with E-state index in [4.69, 9.17) is 0 Å². The topological polar surface area (TPSA) is 0 Å². The summed E-state index contributed by atoms with van der Waals surface area (Å²) in [6.45, 7) is 0. The Morgan fingerprint density at radius 3 is 1.27 bits per heavy atom. The molecule has 0 heteroatoms. The van der Waals surface area contributed by atoms with Crippen molar-refractivity contribution < 1.29 is 0 Å². The van der Waals surface area contributed by atoms with Crippen molar-refractivity contribution in [2.45, 2.75) is 19.3 Å². The van der Waals surface area contributed by atoms with E-state index in [0.29, 0.717) is 0 Å². The lowest BCUT2D eigenvalue weighted by Crippen LogP contribution is -1.59. The van der Waals surface area contributed by atoms with Crippen molar-refractivity contribution in [2.75, 3.05) is 0 Å². The van der Waals surface area contributed by atoms with Gasteiger partial charge in [0.2, 0.25) is 0 Å². The molecule has 0 aliphatic heterocycles. The van der Waals surface area contributed by atoms with Crippen molar-refractivity contribution in [1.82, 2.24) is 0 Å². The Bertz CT molecular complexity index is 170. The van der Waals surface area contributed by atoms with E-state index >= 15 is 0 Å². The minimum absolute atomic E-state index is 1.05. The number of allylic oxidation sites excluding steroid dienone is 8. The normalized spacial score (nSPS) is 29.8. The quantitative estimate of drug-likeness (QED) is 0.459. The van der Waals surface area contributed by atoms with Crippen molar-refractivity contribution in [3.8, 4) is 0 Å². The molecule has 0 saturated carbocycles. The standard InChI is InChI=1S/C11H14/c1-2-4-6-8-10-11-9-7-5-3-1/h1-4,7-10H,5-6,11H2/b3-1-,4-2-,9-7-,10-8-. The summed E-state index contributed by atoms with van der Waals surface area (Å²) >= 11 is 0. The highest BCUT2D eigenvalue weighted by Crippen LogP contribution is 1.96. The third-order valence-corrected chi connectivity index (χ3v) is 1.53. The van der Waals surface area contributed by atoms with E-state index < -0.39 is 0 Å². The highest BCUT2D eigenvalue weighted by molar-refractivity contribution is 5.08. The Morgan fingerprint density at radius 1 is 0.455 bits per heavy atom. The third-order valence-electron chi connectivity index (χ3n) is 1.53. The van der Waals surface area contributed by atoms with Crippen LogP contribution < -0.4 is 0 Å². The molecule has 0 bridgehead atoms. The predicted molar refractivity (Wildman–Crippen MR) is 50.4 cm³/mol. The van der Waals surface area contributed by atoms with Crippen LogP contribution in [0.1, 0.15) is 19.3 Å². The molecule has 0 fully saturated rings. The van der Waals surface area contributed by atoms with Crippen LogP contribution >= 0.6 is 0 Å². The lowest BCUT2D eigenvalue weighted by molar-refractivity contribution is 1.29. The smallest absolute Gasteiger partial charge is 0.0166 e. The summed E-state index contributed by atoms with van der Waals surface area (Å²) < 4.78 is 0. The van der Waals surface area contributed by atoms with Crippen molar-refractivity contribution in [3.05, 3.63) is 48.6 Å². The van der Waals surface area contributed by atoms with Crippen molar-refractivity contribution in [2.24, 2.45) is 0 Å². The van der Waals surface area contributed by atoms with Crippen molar-refractivity contribution in [1.29, 1.82) is 0 Å². The summed E-state index contributed by atoms with van der Waals surface area (Å²) in [5.41, 5.74) is 0. The molecule has 0 radical (unpaired) electrons. The van der Waals surface area contributed by atoms with Crippen LogP contribution in [0.4, 0.5) is 0 Å². The summed E-state index contributed by atoms with van der Waals surface area (Å²) in [5, 5.41) is 0. The van der Waals surface area contributed by atoms with E-state index in [2.05, 4.69) is 48.6 Å². The van der Waals surface area contributed by atoms with Crippen LogP contribution in [0.5, 0.6) is 0 Å². The molecular weight excluding hydrogens is 132 g/mol. The highest BCUT2D eigenvalue weighted by atomic mass is 13.8. The van der Waals surface area contributed by atoms with Crippen LogP contribution in [0, 0.1) is 0 Å². The molecular formula is C11H14. The molecule has 0 unspecified atom stereocenters. The van der Waals surface area contributed by atoms with Gasteiger partial charge in [-0.25, -0.2) is 0 Å². The summed E-state index contributed by atoms with van der Waals surface area (Å²) in [7, 11) is 0. The Balaban J connectivity index is 2.47. The lowest BCUT2D eigenvalue weighted by Gasteiger charge is -1.80. The minimum atomic E-state index is 1.05. The van der Waals surface area contributed by atoms with Gasteiger partial charge in [-0.3, -0.25) is 0 Å². The fraction of sp³-hybridized carbons (Fsp3) is 0.273. The van der Waals surface area contributed by atoms with E-state index in [9.17, 15) is 0 Å². The first kappa shape index (κ1) is 8.06. The Hall–Kier alpha value is -1.04. The first-order valence-corrected chi connectivity index (χ1v) is 4.12. The second-order valence-corrected chi connectivity index (χ2v) is 2.51. The average Bonchev–Trinajstić information content (AvgIpc) is 2.08. The van der Waals surface area contributed by atoms with Gasteiger partial charge in [0, 0.05) is 0 Å². The molecule has 1 rings (SSSR count). The maximum Gasteiger partial charge on any atom is -0.0166 e. The molecule has 0 spiro atoms. The second kappa shape index (κ2) is 5.72. The van der Waals surface area contributed by atoms with Gasteiger partial charge in [-0.2, -0.15) is 0 Å². The fourth-order valence-electron chi connectivity index (χ4n) is 0.935. The van der Waals surface area contributed by atoms with Crippen LogP contribution in [-0.2, 0) is 0 Å². The highest BCUT2D eigenvalue weighted by Gasteiger charge is 1.75. The Kier molecular flexibility index (Phi) is 4.19. The van der Waals surface area contributed by atoms with Gasteiger partial charge >= 0.3 is 0 Å². The van der Waals surface area contributed by atoms with E-state index in [1.54, 1.807) is 0 Å². The van der Waals surface area contributed by atoms with Gasteiger partial charge in [-0.1, -0.05) is 48.6 Å². The van der Waals surface area contributed by atoms with Crippen molar-refractivity contribution in [3.63, 3.8) is 0 Å². The first-order valence-electron chi connectivity index (χ1n) is 4.12. The second-order valence-electron chi connectivity index (χ2n) is 2.51. The Morgan fingerprint density at radius 2 is 0.818 bits per heavy atom. The zero-order valence-electron chi connectivity index (χ0n) is 6.74.